The van der Waals surface area contributed by atoms with Crippen molar-refractivity contribution in [2.75, 3.05) is 18.0 Å². The maximum Gasteiger partial charge on any atom is 0.331 e. The first-order valence-corrected chi connectivity index (χ1v) is 12.1. The van der Waals surface area contributed by atoms with Crippen LogP contribution in [0.1, 0.15) is 23.2 Å². The third-order valence-corrected chi connectivity index (χ3v) is 7.27. The summed E-state index contributed by atoms with van der Waals surface area (Å²) in [5.74, 6) is 0.0810. The van der Waals surface area contributed by atoms with Crippen LogP contribution in [0.3, 0.4) is 0 Å². The molecule has 3 aromatic rings. The highest BCUT2D eigenvalue weighted by Gasteiger charge is 2.26. The summed E-state index contributed by atoms with van der Waals surface area (Å²) in [5.41, 5.74) is 6.55. The zero-order chi connectivity index (χ0) is 23.6. The van der Waals surface area contributed by atoms with Crippen molar-refractivity contribution in [2.24, 2.45) is 0 Å². The van der Waals surface area contributed by atoms with Crippen LogP contribution in [0, 0.1) is 0 Å². The molecule has 2 aromatic heterocycles. The molecule has 1 aliphatic heterocycles. The number of pyridine rings is 1. The Labute approximate surface area is 189 Å². The molecule has 0 saturated heterocycles. The average Bonchev–Trinajstić information content (AvgIpc) is 2.79. The molecule has 1 aromatic carbocycles. The number of hydrogen-bond acceptors (Lipinski definition) is 7. The first kappa shape index (κ1) is 22.5. The van der Waals surface area contributed by atoms with E-state index in [2.05, 4.69) is 10.3 Å². The summed E-state index contributed by atoms with van der Waals surface area (Å²) in [6.07, 6.45) is 2.32. The largest absolute Gasteiger partial charge is 0.384 e. The number of carbonyl (C=O) groups excluding carboxylic acids is 1. The Morgan fingerprint density at radius 2 is 1.82 bits per heavy atom. The minimum atomic E-state index is -3.61. The molecule has 4 rings (SSSR count). The lowest BCUT2D eigenvalue weighted by Crippen LogP contribution is -2.44. The number of rotatable bonds is 6. The smallest absolute Gasteiger partial charge is 0.331 e. The van der Waals surface area contributed by atoms with Gasteiger partial charge in [-0.3, -0.25) is 18.7 Å². The molecule has 3 N–H and O–H groups in total. The molecule has 0 saturated carbocycles. The van der Waals surface area contributed by atoms with Gasteiger partial charge in [-0.2, -0.15) is 0 Å². The third-order valence-electron chi connectivity index (χ3n) is 5.47. The summed E-state index contributed by atoms with van der Waals surface area (Å²) in [7, 11) is -3.61. The predicted octanol–water partition coefficient (Wildman–Crippen LogP) is 0.652. The molecule has 3 heterocycles. The van der Waals surface area contributed by atoms with Crippen molar-refractivity contribution in [3.63, 3.8) is 0 Å². The summed E-state index contributed by atoms with van der Waals surface area (Å²) in [6.45, 7) is 0.572. The molecule has 0 aliphatic carbocycles. The van der Waals surface area contributed by atoms with Crippen LogP contribution in [0.4, 0.5) is 5.82 Å². The zero-order valence-corrected chi connectivity index (χ0v) is 18.5. The molecule has 0 fully saturated rings. The van der Waals surface area contributed by atoms with Crippen LogP contribution in [0.15, 0.2) is 63.3 Å². The van der Waals surface area contributed by atoms with Gasteiger partial charge in [0.25, 0.3) is 11.5 Å². The number of nitrogens with one attached hydrogen (secondary N) is 1. The summed E-state index contributed by atoms with van der Waals surface area (Å²) in [4.78, 5) is 41.4. The Morgan fingerprint density at radius 3 is 2.52 bits per heavy atom. The van der Waals surface area contributed by atoms with Crippen LogP contribution in [-0.4, -0.2) is 40.7 Å². The van der Waals surface area contributed by atoms with E-state index < -0.39 is 21.1 Å². The minimum Gasteiger partial charge on any atom is -0.384 e. The van der Waals surface area contributed by atoms with Crippen LogP contribution >= 0.6 is 0 Å². The number of amides is 1. The van der Waals surface area contributed by atoms with Crippen molar-refractivity contribution in [2.45, 2.75) is 31.0 Å². The maximum absolute atomic E-state index is 12.6. The Morgan fingerprint density at radius 1 is 1.09 bits per heavy atom. The lowest BCUT2D eigenvalue weighted by molar-refractivity contribution is 0.0952. The molecule has 0 bridgehead atoms. The third kappa shape index (κ3) is 4.72. The van der Waals surface area contributed by atoms with E-state index in [0.717, 1.165) is 26.3 Å². The fourth-order valence-corrected chi connectivity index (χ4v) is 5.22. The van der Waals surface area contributed by atoms with Gasteiger partial charge >= 0.3 is 5.69 Å². The molecule has 1 amide bonds. The van der Waals surface area contributed by atoms with Gasteiger partial charge in [-0.05, 0) is 42.7 Å². The topological polar surface area (TPSA) is 146 Å². The number of hydrogen-bond donors (Lipinski definition) is 2. The van der Waals surface area contributed by atoms with Gasteiger partial charge in [0, 0.05) is 43.0 Å². The second-order valence-electron chi connectivity index (χ2n) is 7.74. The van der Waals surface area contributed by atoms with Gasteiger partial charge in [-0.25, -0.2) is 18.2 Å². The molecule has 0 spiro atoms. The summed E-state index contributed by atoms with van der Waals surface area (Å²) in [5, 5.41) is 2.55. The van der Waals surface area contributed by atoms with Crippen LogP contribution in [0.5, 0.6) is 0 Å². The lowest BCUT2D eigenvalue weighted by Gasteiger charge is -2.19. The number of aromatic nitrogens is 3. The van der Waals surface area contributed by atoms with Crippen LogP contribution < -0.4 is 22.3 Å². The molecule has 1 aliphatic rings. The van der Waals surface area contributed by atoms with Crippen molar-refractivity contribution >= 4 is 21.6 Å². The summed E-state index contributed by atoms with van der Waals surface area (Å²) in [6, 6.07) is 11.6. The number of benzene rings is 1. The number of carbonyl (C=O) groups is 1. The van der Waals surface area contributed by atoms with Gasteiger partial charge < -0.3 is 11.1 Å². The molecular weight excluding hydrogens is 446 g/mol. The lowest BCUT2D eigenvalue weighted by atomic mass is 10.1. The van der Waals surface area contributed by atoms with E-state index >= 15 is 0 Å². The standard InChI is InChI=1S/C22H23N5O5S/c23-18-8-7-17(14-25-18)15-3-5-16(6-4-15)21(29)24-9-1-10-26-19(28)13-20-27(22(26)30)11-2-12-33(20,31)32/h3-8,13-14H,1-2,9-12H2,(H2,23,25)(H,24,29). The van der Waals surface area contributed by atoms with Gasteiger partial charge in [0.05, 0.1) is 5.75 Å². The molecular formula is C22H23N5O5S. The second kappa shape index (κ2) is 9.02. The monoisotopic (exact) mass is 469 g/mol. The number of anilines is 1. The van der Waals surface area contributed by atoms with E-state index in [1.165, 1.54) is 0 Å². The van der Waals surface area contributed by atoms with Crippen molar-refractivity contribution < 1.29 is 13.2 Å². The highest BCUT2D eigenvalue weighted by molar-refractivity contribution is 7.91. The van der Waals surface area contributed by atoms with Crippen molar-refractivity contribution in [1.82, 2.24) is 19.4 Å². The van der Waals surface area contributed by atoms with E-state index in [0.29, 0.717) is 24.2 Å². The van der Waals surface area contributed by atoms with Gasteiger partial charge in [0.1, 0.15) is 10.8 Å². The van der Waals surface area contributed by atoms with Crippen molar-refractivity contribution in [1.29, 1.82) is 0 Å². The van der Waals surface area contributed by atoms with Crippen LogP contribution in [-0.2, 0) is 22.9 Å². The first-order chi connectivity index (χ1) is 15.8. The van der Waals surface area contributed by atoms with Crippen LogP contribution in [0.2, 0.25) is 0 Å². The number of nitrogens with zero attached hydrogens (tertiary/aromatic N) is 3. The van der Waals surface area contributed by atoms with Gasteiger partial charge in [-0.1, -0.05) is 12.1 Å². The Hall–Kier alpha value is -3.73. The number of nitrogen functional groups attached to an aromatic ring is 1. The van der Waals surface area contributed by atoms with E-state index in [9.17, 15) is 22.8 Å². The predicted molar refractivity (Wildman–Crippen MR) is 123 cm³/mol. The van der Waals surface area contributed by atoms with E-state index in [-0.39, 0.29) is 36.3 Å². The van der Waals surface area contributed by atoms with Gasteiger partial charge in [-0.15, -0.1) is 0 Å². The fraction of sp³-hybridized carbons (Fsp3) is 0.273. The Bertz CT molecular complexity index is 1410. The average molecular weight is 470 g/mol. The molecule has 0 atom stereocenters. The molecule has 33 heavy (non-hydrogen) atoms. The molecule has 172 valence electrons. The summed E-state index contributed by atoms with van der Waals surface area (Å²) < 4.78 is 26.4. The van der Waals surface area contributed by atoms with E-state index in [4.69, 9.17) is 5.73 Å². The fourth-order valence-electron chi connectivity index (χ4n) is 3.71. The Balaban J connectivity index is 1.37. The number of fused-ring (bicyclic) bond motifs is 1. The van der Waals surface area contributed by atoms with Crippen LogP contribution in [0.25, 0.3) is 11.1 Å². The zero-order valence-electron chi connectivity index (χ0n) is 17.7. The highest BCUT2D eigenvalue weighted by Crippen LogP contribution is 2.19. The second-order valence-corrected chi connectivity index (χ2v) is 9.79. The van der Waals surface area contributed by atoms with Gasteiger partial charge in [0.2, 0.25) is 0 Å². The molecule has 10 nitrogen and oxygen atoms in total. The number of sulfone groups is 1. The highest BCUT2D eigenvalue weighted by atomic mass is 32.2. The van der Waals surface area contributed by atoms with Crippen molar-refractivity contribution in [3.8, 4) is 11.1 Å². The van der Waals surface area contributed by atoms with Crippen molar-refractivity contribution in [3.05, 3.63) is 75.1 Å². The first-order valence-electron chi connectivity index (χ1n) is 10.4. The SMILES string of the molecule is Nc1ccc(-c2ccc(C(=O)NCCCn3c(=O)cc4n(c3=O)CCCS4(=O)=O)cc2)cn1. The van der Waals surface area contributed by atoms with E-state index in [1.54, 1.807) is 24.4 Å². The Kier molecular flexibility index (Phi) is 6.14. The molecule has 0 unspecified atom stereocenters. The van der Waals surface area contributed by atoms with Gasteiger partial charge in [0.15, 0.2) is 9.84 Å². The van der Waals surface area contributed by atoms with E-state index in [1.807, 2.05) is 18.2 Å². The quantitative estimate of drug-likeness (QED) is 0.398. The molecule has 0 radical (unpaired) electrons. The summed E-state index contributed by atoms with van der Waals surface area (Å²) >= 11 is 0. The molecule has 11 heteroatoms. The maximum atomic E-state index is 12.6. The normalized spacial score (nSPS) is 14.4. The number of nitrogens with two attached hydrogens (primary N) is 1. The minimum absolute atomic E-state index is 0.0697.